The van der Waals surface area contributed by atoms with Crippen LogP contribution < -0.4 is 5.32 Å². The van der Waals surface area contributed by atoms with Gasteiger partial charge in [-0.05, 0) is 26.2 Å². The van der Waals surface area contributed by atoms with Crippen molar-refractivity contribution in [2.75, 3.05) is 0 Å². The van der Waals surface area contributed by atoms with E-state index in [1.54, 1.807) is 0 Å². The molecule has 0 aromatic heterocycles. The second-order valence-corrected chi connectivity index (χ2v) is 4.82. The summed E-state index contributed by atoms with van der Waals surface area (Å²) in [7, 11) is 0. The second-order valence-electron chi connectivity index (χ2n) is 4.82. The van der Waals surface area contributed by atoms with Crippen molar-refractivity contribution in [1.29, 1.82) is 0 Å². The summed E-state index contributed by atoms with van der Waals surface area (Å²) >= 11 is 0. The molecule has 2 heteroatoms. The first-order valence-corrected chi connectivity index (χ1v) is 4.72. The molecule has 13 heavy (non-hydrogen) atoms. The maximum atomic E-state index is 11.5. The molecule has 0 heterocycles. The van der Waals surface area contributed by atoms with E-state index in [9.17, 15) is 4.79 Å². The Hall–Kier alpha value is -0.790. The molecule has 0 aromatic carbocycles. The number of allylic oxidation sites excluding steroid dienone is 1. The molecule has 0 atom stereocenters. The minimum absolute atomic E-state index is 0.0323. The van der Waals surface area contributed by atoms with E-state index in [-0.39, 0.29) is 17.4 Å². The van der Waals surface area contributed by atoms with Crippen molar-refractivity contribution < 1.29 is 4.79 Å². The molecule has 0 bridgehead atoms. The van der Waals surface area contributed by atoms with Crippen LogP contribution >= 0.6 is 0 Å². The van der Waals surface area contributed by atoms with Crippen LogP contribution in [0.5, 0.6) is 0 Å². The summed E-state index contributed by atoms with van der Waals surface area (Å²) in [6, 6.07) is 0.204. The molecule has 0 saturated heterocycles. The Morgan fingerprint density at radius 3 is 2.08 bits per heavy atom. The van der Waals surface area contributed by atoms with Gasteiger partial charge < -0.3 is 5.32 Å². The third-order valence-electron chi connectivity index (χ3n) is 1.43. The second kappa shape index (κ2) is 4.45. The minimum Gasteiger partial charge on any atom is -0.350 e. The highest BCUT2D eigenvalue weighted by molar-refractivity contribution is 5.92. The molecule has 76 valence electrons. The van der Waals surface area contributed by atoms with Gasteiger partial charge in [-0.2, -0.15) is 0 Å². The van der Waals surface area contributed by atoms with Gasteiger partial charge in [-0.1, -0.05) is 26.8 Å². The van der Waals surface area contributed by atoms with Crippen LogP contribution in [0.4, 0.5) is 0 Å². The topological polar surface area (TPSA) is 29.1 Å². The van der Waals surface area contributed by atoms with Crippen LogP contribution in [-0.2, 0) is 4.79 Å². The van der Waals surface area contributed by atoms with Gasteiger partial charge in [-0.3, -0.25) is 4.79 Å². The van der Waals surface area contributed by atoms with Gasteiger partial charge in [0.05, 0.1) is 0 Å². The van der Waals surface area contributed by atoms with Crippen molar-refractivity contribution in [3.63, 3.8) is 0 Å². The monoisotopic (exact) mass is 183 g/mol. The number of carbonyl (C=O) groups is 1. The third-order valence-corrected chi connectivity index (χ3v) is 1.43. The molecule has 0 aliphatic rings. The molecule has 0 aliphatic carbocycles. The molecule has 0 saturated carbocycles. The average molecular weight is 183 g/mol. The lowest BCUT2D eigenvalue weighted by Crippen LogP contribution is -2.31. The maximum absolute atomic E-state index is 11.5. The maximum Gasteiger partial charge on any atom is 0.246 e. The molecule has 2 nitrogen and oxygen atoms in total. The molecule has 0 radical (unpaired) electrons. The van der Waals surface area contributed by atoms with Gasteiger partial charge in [0.1, 0.15) is 0 Å². The summed E-state index contributed by atoms with van der Waals surface area (Å²) in [6.07, 6.45) is 1.99. The molecule has 1 amide bonds. The number of carbonyl (C=O) groups excluding carboxylic acids is 1. The molecular formula is C11H21NO. The number of hydrogen-bond acceptors (Lipinski definition) is 1. The first-order valence-electron chi connectivity index (χ1n) is 4.72. The lowest BCUT2D eigenvalue weighted by atomic mass is 9.93. The summed E-state index contributed by atoms with van der Waals surface area (Å²) in [6.45, 7) is 12.0. The fourth-order valence-electron chi connectivity index (χ4n) is 1.09. The van der Waals surface area contributed by atoms with E-state index in [0.29, 0.717) is 0 Å². The van der Waals surface area contributed by atoms with Gasteiger partial charge in [0, 0.05) is 11.6 Å². The van der Waals surface area contributed by atoms with Gasteiger partial charge in [0.2, 0.25) is 5.91 Å². The molecule has 0 spiro atoms. The Kier molecular flexibility index (Phi) is 4.18. The van der Waals surface area contributed by atoms with E-state index in [1.165, 1.54) is 0 Å². The largest absolute Gasteiger partial charge is 0.350 e. The first-order chi connectivity index (χ1) is 5.72. The lowest BCUT2D eigenvalue weighted by molar-refractivity contribution is -0.117. The van der Waals surface area contributed by atoms with Crippen LogP contribution in [0.15, 0.2) is 11.6 Å². The lowest BCUT2D eigenvalue weighted by Gasteiger charge is -2.15. The summed E-state index contributed by atoms with van der Waals surface area (Å²) in [4.78, 5) is 11.5. The van der Waals surface area contributed by atoms with Gasteiger partial charge in [0.15, 0.2) is 0 Å². The third kappa shape index (κ3) is 6.38. The summed E-state index contributed by atoms with van der Waals surface area (Å²) in [5.74, 6) is 0.0323. The van der Waals surface area contributed by atoms with Gasteiger partial charge >= 0.3 is 0 Å². The summed E-state index contributed by atoms with van der Waals surface area (Å²) < 4.78 is 0. The van der Waals surface area contributed by atoms with Crippen molar-refractivity contribution >= 4 is 5.91 Å². The molecule has 0 fully saturated rings. The highest BCUT2D eigenvalue weighted by Gasteiger charge is 2.11. The number of rotatable bonds is 2. The standard InChI is InChI=1S/C11H21NO/c1-8(2)12-10(13)9(3)7-11(4,5)6/h7-8H,1-6H3,(H,12,13)/b9-7+. The Morgan fingerprint density at radius 1 is 1.31 bits per heavy atom. The quantitative estimate of drug-likeness (QED) is 0.655. The van der Waals surface area contributed by atoms with Crippen LogP contribution in [0.3, 0.4) is 0 Å². The number of amides is 1. The Balaban J connectivity index is 4.34. The van der Waals surface area contributed by atoms with Crippen LogP contribution in [-0.4, -0.2) is 11.9 Å². The van der Waals surface area contributed by atoms with Crippen molar-refractivity contribution in [2.45, 2.75) is 47.6 Å². The fourth-order valence-corrected chi connectivity index (χ4v) is 1.09. The van der Waals surface area contributed by atoms with E-state index in [0.717, 1.165) is 5.57 Å². The molecule has 0 aliphatic heterocycles. The number of hydrogen-bond donors (Lipinski definition) is 1. The van der Waals surface area contributed by atoms with E-state index >= 15 is 0 Å². The van der Waals surface area contributed by atoms with Gasteiger partial charge in [-0.15, -0.1) is 0 Å². The average Bonchev–Trinajstić information content (AvgIpc) is 1.81. The van der Waals surface area contributed by atoms with E-state index in [4.69, 9.17) is 0 Å². The minimum atomic E-state index is 0.0323. The van der Waals surface area contributed by atoms with E-state index in [1.807, 2.05) is 26.8 Å². The van der Waals surface area contributed by atoms with Crippen molar-refractivity contribution in [1.82, 2.24) is 5.32 Å². The summed E-state index contributed by atoms with van der Waals surface area (Å²) in [5.41, 5.74) is 0.861. The molecular weight excluding hydrogens is 162 g/mol. The van der Waals surface area contributed by atoms with Crippen LogP contribution in [0.25, 0.3) is 0 Å². The van der Waals surface area contributed by atoms with Crippen LogP contribution in [0, 0.1) is 5.41 Å². The van der Waals surface area contributed by atoms with Crippen molar-refractivity contribution in [3.05, 3.63) is 11.6 Å². The van der Waals surface area contributed by atoms with Crippen molar-refractivity contribution in [3.8, 4) is 0 Å². The summed E-state index contributed by atoms with van der Waals surface area (Å²) in [5, 5.41) is 2.86. The zero-order chi connectivity index (χ0) is 10.6. The Bertz CT molecular complexity index is 209. The SMILES string of the molecule is C/C(=C\C(C)(C)C)C(=O)NC(C)C. The van der Waals surface area contributed by atoms with Gasteiger partial charge in [0.25, 0.3) is 0 Å². The van der Waals surface area contributed by atoms with Crippen molar-refractivity contribution in [2.24, 2.45) is 5.41 Å². The smallest absolute Gasteiger partial charge is 0.246 e. The Labute approximate surface area is 81.4 Å². The predicted octanol–water partition coefficient (Wildman–Crippen LogP) is 2.50. The first kappa shape index (κ1) is 12.2. The molecule has 0 unspecified atom stereocenters. The molecule has 0 rings (SSSR count). The Morgan fingerprint density at radius 2 is 1.77 bits per heavy atom. The number of nitrogens with one attached hydrogen (secondary N) is 1. The van der Waals surface area contributed by atoms with Gasteiger partial charge in [-0.25, -0.2) is 0 Å². The normalized spacial score (nSPS) is 13.3. The van der Waals surface area contributed by atoms with Crippen LogP contribution in [0.1, 0.15) is 41.5 Å². The predicted molar refractivity (Wildman–Crippen MR) is 56.5 cm³/mol. The van der Waals surface area contributed by atoms with E-state index < -0.39 is 0 Å². The highest BCUT2D eigenvalue weighted by atomic mass is 16.1. The van der Waals surface area contributed by atoms with Crippen LogP contribution in [0.2, 0.25) is 0 Å². The zero-order valence-electron chi connectivity index (χ0n) is 9.56. The zero-order valence-corrected chi connectivity index (χ0v) is 9.56. The van der Waals surface area contributed by atoms with E-state index in [2.05, 4.69) is 26.1 Å². The fraction of sp³-hybridized carbons (Fsp3) is 0.727. The molecule has 1 N–H and O–H groups in total. The molecule has 0 aromatic rings. The highest BCUT2D eigenvalue weighted by Crippen LogP contribution is 2.17.